The van der Waals surface area contributed by atoms with Crippen LogP contribution in [0.15, 0.2) is 37.0 Å². The summed E-state index contributed by atoms with van der Waals surface area (Å²) in [5.41, 5.74) is -1.31. The molecule has 15 nitrogen and oxygen atoms in total. The van der Waals surface area contributed by atoms with Crippen molar-refractivity contribution < 1.29 is 57.1 Å². The lowest BCUT2D eigenvalue weighted by Gasteiger charge is -2.55. The number of hydrogen-bond acceptors (Lipinski definition) is 13. The summed E-state index contributed by atoms with van der Waals surface area (Å²) in [5.74, 6) is 1.33. The molecule has 2 N–H and O–H groups in total. The Balaban J connectivity index is 1.67. The first-order chi connectivity index (χ1) is 35.0. The Labute approximate surface area is 461 Å². The van der Waals surface area contributed by atoms with Crippen molar-refractivity contribution in [1.29, 1.82) is 0 Å². The molecule has 0 aliphatic heterocycles. The molecule has 0 heterocycles. The zero-order chi connectivity index (χ0) is 57.8. The molecule has 0 aromatic carbocycles. The molecule has 2 fully saturated rings. The van der Waals surface area contributed by atoms with E-state index in [1.54, 1.807) is 13.8 Å². The van der Waals surface area contributed by atoms with Gasteiger partial charge in [-0.25, -0.2) is 19.2 Å². The number of amides is 2. The molecule has 0 aromatic heterocycles. The molecular weight excluding hydrogens is 967 g/mol. The van der Waals surface area contributed by atoms with E-state index in [1.165, 1.54) is 25.7 Å². The van der Waals surface area contributed by atoms with Crippen LogP contribution in [-0.2, 0) is 47.5 Å². The predicted octanol–water partition coefficient (Wildman–Crippen LogP) is 12.7. The van der Waals surface area contributed by atoms with Crippen molar-refractivity contribution in [2.45, 2.75) is 228 Å². The van der Waals surface area contributed by atoms with Crippen LogP contribution in [-0.4, -0.2) is 130 Å². The first-order valence-electron chi connectivity index (χ1n) is 28.5. The summed E-state index contributed by atoms with van der Waals surface area (Å²) < 4.78 is 46.9. The Hall–Kier alpha value is -3.50. The molecule has 0 radical (unpaired) electrons. The highest BCUT2D eigenvalue weighted by atomic mass is 16.6. The molecule has 2 rings (SSSR count). The Kier molecular flexibility index (Phi) is 27.8. The second-order valence-electron chi connectivity index (χ2n) is 26.3. The van der Waals surface area contributed by atoms with Gasteiger partial charge in [0, 0.05) is 43.7 Å². The fourth-order valence-electron chi connectivity index (χ4n) is 11.3. The van der Waals surface area contributed by atoms with E-state index in [4.69, 9.17) is 37.9 Å². The van der Waals surface area contributed by atoms with Crippen molar-refractivity contribution in [3.8, 4) is 0 Å². The third-order valence-electron chi connectivity index (χ3n) is 15.8. The first kappa shape index (κ1) is 68.6. The van der Waals surface area contributed by atoms with Gasteiger partial charge in [-0.3, -0.25) is 4.90 Å². The van der Waals surface area contributed by atoms with E-state index in [-0.39, 0.29) is 54.4 Å². The summed E-state index contributed by atoms with van der Waals surface area (Å²) in [7, 11) is 2.06. The van der Waals surface area contributed by atoms with Crippen molar-refractivity contribution in [3.05, 3.63) is 37.0 Å². The number of carbonyl (C=O) groups excluding carboxylic acids is 4. The van der Waals surface area contributed by atoms with Crippen molar-refractivity contribution in [3.63, 3.8) is 0 Å². The van der Waals surface area contributed by atoms with Crippen LogP contribution in [0.2, 0.25) is 0 Å². The maximum absolute atomic E-state index is 12.3. The van der Waals surface area contributed by atoms with Gasteiger partial charge in [0.25, 0.3) is 0 Å². The van der Waals surface area contributed by atoms with Crippen LogP contribution in [0.1, 0.15) is 194 Å². The van der Waals surface area contributed by atoms with E-state index in [2.05, 4.69) is 118 Å². The second-order valence-corrected chi connectivity index (χ2v) is 26.3. The van der Waals surface area contributed by atoms with E-state index in [9.17, 15) is 19.2 Å². The number of alkyl carbamates (subject to hydrolysis) is 2. The van der Waals surface area contributed by atoms with Gasteiger partial charge in [-0.15, -0.1) is 6.58 Å². The Morgan fingerprint density at radius 3 is 1.64 bits per heavy atom. The van der Waals surface area contributed by atoms with E-state index in [1.807, 2.05) is 27.7 Å². The van der Waals surface area contributed by atoms with Gasteiger partial charge in [-0.05, 0) is 196 Å². The van der Waals surface area contributed by atoms with Crippen LogP contribution >= 0.6 is 0 Å². The van der Waals surface area contributed by atoms with Crippen molar-refractivity contribution >= 4 is 24.1 Å². The van der Waals surface area contributed by atoms with E-state index < -0.39 is 41.1 Å². The lowest BCUT2D eigenvalue weighted by Crippen LogP contribution is -2.47. The smallest absolute Gasteiger partial charge is 0.407 e. The minimum absolute atomic E-state index is 0.0418. The maximum atomic E-state index is 12.3. The minimum Gasteiger partial charge on any atom is -0.460 e. The van der Waals surface area contributed by atoms with Gasteiger partial charge in [-0.2, -0.15) is 0 Å². The van der Waals surface area contributed by atoms with Crippen LogP contribution < -0.4 is 10.6 Å². The van der Waals surface area contributed by atoms with Crippen molar-refractivity contribution in [2.75, 3.05) is 66.3 Å². The normalized spacial score (nSPS) is 22.2. The molecule has 76 heavy (non-hydrogen) atoms. The maximum Gasteiger partial charge on any atom is 0.407 e. The number of esters is 2. The third kappa shape index (κ3) is 26.4. The van der Waals surface area contributed by atoms with Crippen LogP contribution in [0.3, 0.4) is 0 Å². The zero-order valence-corrected chi connectivity index (χ0v) is 51.0. The molecule has 5 atom stereocenters. The van der Waals surface area contributed by atoms with Crippen LogP contribution in [0.25, 0.3) is 0 Å². The van der Waals surface area contributed by atoms with Gasteiger partial charge in [0.05, 0.1) is 43.6 Å². The van der Waals surface area contributed by atoms with Gasteiger partial charge < -0.3 is 48.5 Å². The molecule has 2 saturated carbocycles. The molecular formula is C61H109N3O12. The largest absolute Gasteiger partial charge is 0.460 e. The summed E-state index contributed by atoms with van der Waals surface area (Å²) >= 11 is 0. The van der Waals surface area contributed by atoms with E-state index in [0.717, 1.165) is 64.0 Å². The highest BCUT2D eigenvalue weighted by Crippen LogP contribution is 2.59. The molecule has 2 amide bonds. The Morgan fingerprint density at radius 2 is 1.14 bits per heavy atom. The van der Waals surface area contributed by atoms with Gasteiger partial charge in [0.15, 0.2) is 0 Å². The lowest BCUT2D eigenvalue weighted by molar-refractivity contribution is -0.139. The standard InChI is InChI=1S/C61H109N3O12/c1-21-48-39-60(18,42-57(12,13)73-34-24-32-64(20)59(16,17)74-36-29-56(10,11)76-54(68)63-31-38-71-52(66)45(4)5)27-26-50(48)49-40-61(19,41-49)43-58(14,15)72-33-23-22-25-46(6)47(7)69-35-28-55(8,9)75-53(67)62-30-37-70-51(65)44(2)3/h21,46-50H,1-2,4,22-43H2,3,5-20H3,(H,62,67)(H,63,68). The quantitative estimate of drug-likeness (QED) is 0.0151. The van der Waals surface area contributed by atoms with Gasteiger partial charge in [0.1, 0.15) is 30.1 Å². The number of carbonyl (C=O) groups is 4. The molecule has 2 aliphatic rings. The second kappa shape index (κ2) is 30.8. The molecule has 0 bridgehead atoms. The highest BCUT2D eigenvalue weighted by molar-refractivity contribution is 5.87. The molecule has 2 aliphatic carbocycles. The lowest BCUT2D eigenvalue weighted by atomic mass is 9.51. The number of ether oxygens (including phenoxy) is 8. The monoisotopic (exact) mass is 1080 g/mol. The molecule has 15 heteroatoms. The van der Waals surface area contributed by atoms with Gasteiger partial charge >= 0.3 is 24.1 Å². The van der Waals surface area contributed by atoms with Gasteiger partial charge in [-0.1, -0.05) is 46.4 Å². The number of nitrogens with one attached hydrogen (secondary N) is 2. The van der Waals surface area contributed by atoms with Crippen LogP contribution in [0.5, 0.6) is 0 Å². The molecule has 0 spiro atoms. The van der Waals surface area contributed by atoms with E-state index in [0.29, 0.717) is 61.6 Å². The first-order valence-corrected chi connectivity index (χ1v) is 28.5. The Bertz CT molecular complexity index is 1850. The van der Waals surface area contributed by atoms with Gasteiger partial charge in [0.2, 0.25) is 0 Å². The highest BCUT2D eigenvalue weighted by Gasteiger charge is 2.50. The SMILES string of the molecule is C=CC1CC(C)(CC(C)(C)OCCCN(C)C(C)(C)OCCC(C)(C)OC(=O)NCCOC(=O)C(=C)C)CCC1C1CC(C)(CC(C)(C)OCCCCC(C)C(C)OCCC(C)(C)OC(=O)NCCOC(=O)C(=C)C)C1. The fraction of sp³-hybridized carbons (Fsp3) is 0.836. The number of nitrogens with zero attached hydrogens (tertiary/aromatic N) is 1. The zero-order valence-electron chi connectivity index (χ0n) is 51.0. The predicted molar refractivity (Wildman–Crippen MR) is 303 cm³/mol. The average molecular weight is 1080 g/mol. The summed E-state index contributed by atoms with van der Waals surface area (Å²) in [6.45, 7) is 47.9. The molecule has 5 unspecified atom stereocenters. The number of hydrogen-bond donors (Lipinski definition) is 2. The van der Waals surface area contributed by atoms with Crippen LogP contribution in [0, 0.1) is 34.5 Å². The minimum atomic E-state index is -0.751. The van der Waals surface area contributed by atoms with E-state index >= 15 is 0 Å². The molecule has 0 saturated heterocycles. The number of rotatable bonds is 37. The summed E-state index contributed by atoms with van der Waals surface area (Å²) in [4.78, 5) is 49.8. The summed E-state index contributed by atoms with van der Waals surface area (Å²) in [6, 6.07) is 0. The third-order valence-corrected chi connectivity index (χ3v) is 15.8. The topological polar surface area (TPSA) is 169 Å². The molecule has 440 valence electrons. The van der Waals surface area contributed by atoms with Crippen LogP contribution in [0.4, 0.5) is 9.59 Å². The summed E-state index contributed by atoms with van der Waals surface area (Å²) in [6.07, 6.45) is 14.5. The fourth-order valence-corrected chi connectivity index (χ4v) is 11.3. The van der Waals surface area contributed by atoms with Crippen molar-refractivity contribution in [2.24, 2.45) is 34.5 Å². The van der Waals surface area contributed by atoms with Crippen molar-refractivity contribution in [1.82, 2.24) is 15.5 Å². The summed E-state index contributed by atoms with van der Waals surface area (Å²) in [5, 5.41) is 5.23. The molecule has 0 aromatic rings. The Morgan fingerprint density at radius 1 is 0.658 bits per heavy atom. The number of unbranched alkanes of at least 4 members (excludes halogenated alkanes) is 1. The number of allylic oxidation sites excluding steroid dienone is 1. The average Bonchev–Trinajstić information content (AvgIpc) is 3.28.